The van der Waals surface area contributed by atoms with E-state index in [0.29, 0.717) is 45.9 Å². The fraction of sp³-hybridized carbons (Fsp3) is 0.516. The molecule has 246 valence electrons. The zero-order valence-electron chi connectivity index (χ0n) is 25.8. The van der Waals surface area contributed by atoms with E-state index in [0.717, 1.165) is 18.1 Å². The summed E-state index contributed by atoms with van der Waals surface area (Å²) in [7, 11) is 3.35. The molecule has 0 spiro atoms. The smallest absolute Gasteiger partial charge is 0.471 e. The summed E-state index contributed by atoms with van der Waals surface area (Å²) in [6, 6.07) is -0.0339. The maximum atomic E-state index is 13.0. The van der Waals surface area contributed by atoms with E-state index in [1.807, 2.05) is 24.9 Å². The van der Waals surface area contributed by atoms with E-state index < -0.39 is 48.2 Å². The van der Waals surface area contributed by atoms with Crippen LogP contribution in [0.2, 0.25) is 0 Å². The van der Waals surface area contributed by atoms with Gasteiger partial charge < -0.3 is 35.1 Å². The Morgan fingerprint density at radius 1 is 1.15 bits per heavy atom. The van der Waals surface area contributed by atoms with E-state index in [2.05, 4.69) is 16.3 Å². The molecular weight excluding hydrogens is 611 g/mol. The highest BCUT2D eigenvalue weighted by molar-refractivity contribution is 5.89. The number of nitriles is 1. The summed E-state index contributed by atoms with van der Waals surface area (Å²) in [5.74, 6) is -2.18. The number of hydrogen-bond acceptors (Lipinski definition) is 10. The number of carbonyl (C=O) groups excluding carboxylic acids is 2. The van der Waals surface area contributed by atoms with Crippen LogP contribution in [0, 0.1) is 25.2 Å². The number of nitrogens with zero attached hydrogens (tertiary/aromatic N) is 3. The third kappa shape index (κ3) is 4.65. The van der Waals surface area contributed by atoms with Gasteiger partial charge in [-0.2, -0.15) is 18.4 Å². The number of phenols is 2. The fourth-order valence-electron chi connectivity index (χ4n) is 7.74. The first-order valence-electron chi connectivity index (χ1n) is 14.8. The average molecular weight is 646 g/mol. The molecular formula is C31H34F3N5O7. The third-order valence-corrected chi connectivity index (χ3v) is 9.76. The van der Waals surface area contributed by atoms with Crippen LogP contribution in [0.4, 0.5) is 13.2 Å². The highest BCUT2D eigenvalue weighted by atomic mass is 19.4. The van der Waals surface area contributed by atoms with Gasteiger partial charge in [-0.25, -0.2) is 0 Å². The maximum Gasteiger partial charge on any atom is 0.471 e. The van der Waals surface area contributed by atoms with Gasteiger partial charge in [0, 0.05) is 40.9 Å². The predicted octanol–water partition coefficient (Wildman–Crippen LogP) is 2.41. The fourth-order valence-corrected chi connectivity index (χ4v) is 7.74. The molecule has 0 aromatic heterocycles. The number of methoxy groups -OCH3 is 1. The van der Waals surface area contributed by atoms with Gasteiger partial charge in [-0.1, -0.05) is 6.07 Å². The highest BCUT2D eigenvalue weighted by Gasteiger charge is 2.56. The van der Waals surface area contributed by atoms with Crippen LogP contribution in [-0.4, -0.2) is 89.7 Å². The molecule has 2 bridgehead atoms. The molecule has 2 aromatic rings. The van der Waals surface area contributed by atoms with E-state index >= 15 is 0 Å². The molecule has 1 fully saturated rings. The van der Waals surface area contributed by atoms with Crippen LogP contribution >= 0.6 is 0 Å². The van der Waals surface area contributed by atoms with Gasteiger partial charge in [0.25, 0.3) is 0 Å². The molecule has 6 atom stereocenters. The summed E-state index contributed by atoms with van der Waals surface area (Å²) in [5.41, 5.74) is 3.71. The van der Waals surface area contributed by atoms with Crippen molar-refractivity contribution in [3.8, 4) is 34.8 Å². The van der Waals surface area contributed by atoms with Crippen molar-refractivity contribution in [3.05, 3.63) is 39.4 Å². The number of amides is 2. The number of rotatable bonds is 5. The lowest BCUT2D eigenvalue weighted by molar-refractivity contribution is -0.174. The van der Waals surface area contributed by atoms with E-state index in [9.17, 15) is 38.2 Å². The van der Waals surface area contributed by atoms with Crippen molar-refractivity contribution >= 4 is 11.8 Å². The number of hydrogen-bond donors (Lipinski definition) is 4. The molecule has 46 heavy (non-hydrogen) atoms. The Morgan fingerprint density at radius 2 is 1.85 bits per heavy atom. The van der Waals surface area contributed by atoms with E-state index in [4.69, 9.17) is 14.2 Å². The SMILES string of the molecule is COc1c(C)cc2c(c1O)[C@@H]1C3Cc4c(O)c(C)c5c(c4[C@H](CNC(=O)[C@H](C)NC(=O)C(F)(F)F)N3[C@@H](C#N)[C@H](C2)N1C)OCO5. The summed E-state index contributed by atoms with van der Waals surface area (Å²) in [4.78, 5) is 28.5. The van der Waals surface area contributed by atoms with Gasteiger partial charge in [0.05, 0.1) is 25.3 Å². The molecule has 0 aliphatic carbocycles. The third-order valence-electron chi connectivity index (χ3n) is 9.76. The molecule has 1 saturated heterocycles. The summed E-state index contributed by atoms with van der Waals surface area (Å²) in [5, 5.41) is 38.0. The number of fused-ring (bicyclic) bond motifs is 9. The van der Waals surface area contributed by atoms with E-state index in [-0.39, 0.29) is 37.3 Å². The molecule has 4 aliphatic heterocycles. The van der Waals surface area contributed by atoms with Crippen LogP contribution in [0.15, 0.2) is 6.07 Å². The summed E-state index contributed by atoms with van der Waals surface area (Å²) in [6.07, 6.45) is -4.51. The number of aromatic hydroxyl groups is 2. The Morgan fingerprint density at radius 3 is 2.50 bits per heavy atom. The predicted molar refractivity (Wildman–Crippen MR) is 155 cm³/mol. The van der Waals surface area contributed by atoms with Crippen LogP contribution in [0.25, 0.3) is 0 Å². The van der Waals surface area contributed by atoms with Gasteiger partial charge in [-0.05, 0) is 51.8 Å². The lowest BCUT2D eigenvalue weighted by Crippen LogP contribution is -2.69. The molecule has 4 N–H and O–H groups in total. The molecule has 2 amide bonds. The van der Waals surface area contributed by atoms with Crippen molar-refractivity contribution in [3.63, 3.8) is 0 Å². The Bertz CT molecular complexity index is 1680. The van der Waals surface area contributed by atoms with Crippen LogP contribution in [0.5, 0.6) is 28.7 Å². The first-order valence-corrected chi connectivity index (χ1v) is 14.8. The summed E-state index contributed by atoms with van der Waals surface area (Å²) in [6.45, 7) is 4.33. The van der Waals surface area contributed by atoms with Crippen LogP contribution in [-0.2, 0) is 22.4 Å². The number of piperazine rings is 1. The first-order chi connectivity index (χ1) is 21.7. The molecule has 2 aromatic carbocycles. The largest absolute Gasteiger partial charge is 0.507 e. The minimum atomic E-state index is -5.17. The number of halogens is 3. The van der Waals surface area contributed by atoms with Crippen molar-refractivity contribution in [1.82, 2.24) is 20.4 Å². The monoisotopic (exact) mass is 645 g/mol. The normalized spacial score (nSPS) is 25.4. The van der Waals surface area contributed by atoms with Gasteiger partial charge in [0.2, 0.25) is 12.7 Å². The molecule has 0 saturated carbocycles. The number of likely N-dealkylation sites (N-methyl/N-ethyl adjacent to an activating group) is 1. The standard InChI is InChI=1S/C31H34F3N5O7/c1-12-6-15-7-17-19(9-35)39-18(23(38(17)4)21(15)25(41)26(12)44-5)8-16-22(28-27(45-11-46-28)13(2)24(16)40)20(39)10-36-29(42)14(3)37-30(43)31(32,33)34/h6,14,17-20,23,40-41H,7-8,10-11H2,1-5H3,(H,36,42)(H,37,43)/t14-,17-,18?,19-,20-,23-/m0/s1. The summed E-state index contributed by atoms with van der Waals surface area (Å²) < 4.78 is 55.7. The molecule has 15 heteroatoms. The van der Waals surface area contributed by atoms with Crippen molar-refractivity contribution in [2.45, 2.75) is 76.0 Å². The lowest BCUT2D eigenvalue weighted by Gasteiger charge is -2.60. The van der Waals surface area contributed by atoms with E-state index in [1.165, 1.54) is 7.11 Å². The Labute approximate surface area is 262 Å². The minimum absolute atomic E-state index is 0.0147. The second-order valence-corrected chi connectivity index (χ2v) is 12.2. The Balaban J connectivity index is 1.47. The molecule has 4 aliphatic rings. The minimum Gasteiger partial charge on any atom is -0.507 e. The molecule has 4 heterocycles. The van der Waals surface area contributed by atoms with Crippen LogP contribution < -0.4 is 24.8 Å². The van der Waals surface area contributed by atoms with Gasteiger partial charge in [0.15, 0.2) is 23.0 Å². The maximum absolute atomic E-state index is 13.0. The molecule has 0 radical (unpaired) electrons. The molecule has 6 rings (SSSR count). The van der Waals surface area contributed by atoms with Crippen LogP contribution in [0.3, 0.4) is 0 Å². The van der Waals surface area contributed by atoms with E-state index in [1.54, 1.807) is 12.2 Å². The van der Waals surface area contributed by atoms with Gasteiger partial charge in [-0.3, -0.25) is 19.4 Å². The highest BCUT2D eigenvalue weighted by Crippen LogP contribution is 2.58. The van der Waals surface area contributed by atoms with Crippen LogP contribution in [0.1, 0.15) is 52.4 Å². The van der Waals surface area contributed by atoms with Gasteiger partial charge in [0.1, 0.15) is 17.8 Å². The first kappa shape index (κ1) is 31.6. The zero-order valence-corrected chi connectivity index (χ0v) is 25.8. The zero-order chi connectivity index (χ0) is 33.4. The quantitative estimate of drug-likeness (QED) is 0.381. The molecule has 12 nitrogen and oxygen atoms in total. The number of carbonyl (C=O) groups is 2. The Kier molecular flexibility index (Phi) is 7.63. The topological polar surface area (TPSA) is 157 Å². The van der Waals surface area contributed by atoms with Gasteiger partial charge >= 0.3 is 12.1 Å². The summed E-state index contributed by atoms with van der Waals surface area (Å²) >= 11 is 0. The number of ether oxygens (including phenoxy) is 3. The average Bonchev–Trinajstić information content (AvgIpc) is 3.48. The number of benzene rings is 2. The lowest BCUT2D eigenvalue weighted by atomic mass is 9.71. The van der Waals surface area contributed by atoms with Crippen molar-refractivity contribution < 1.29 is 47.2 Å². The van der Waals surface area contributed by atoms with Crippen molar-refractivity contribution in [2.75, 3.05) is 27.5 Å². The van der Waals surface area contributed by atoms with Crippen molar-refractivity contribution in [2.24, 2.45) is 0 Å². The number of nitrogens with one attached hydrogen (secondary N) is 2. The van der Waals surface area contributed by atoms with Crippen molar-refractivity contribution in [1.29, 1.82) is 5.26 Å². The Hall–Kier alpha value is -4.42. The molecule has 1 unspecified atom stereocenters. The second-order valence-electron chi connectivity index (χ2n) is 12.2. The number of phenolic OH excluding ortho intramolecular Hbond substituents is 2. The number of aryl methyl sites for hydroxylation is 1. The number of alkyl halides is 3. The van der Waals surface area contributed by atoms with Gasteiger partial charge in [-0.15, -0.1) is 0 Å². The second kappa shape index (κ2) is 11.1.